The Kier molecular flexibility index (Phi) is 4.59. The van der Waals surface area contributed by atoms with Crippen LogP contribution in [-0.4, -0.2) is 28.7 Å². The number of H-pyrrole nitrogens is 1. The minimum Gasteiger partial charge on any atom is -0.341 e. The molecular weight excluding hydrogens is 312 g/mol. The second kappa shape index (κ2) is 6.80. The van der Waals surface area contributed by atoms with E-state index in [0.29, 0.717) is 5.56 Å². The molecule has 0 aliphatic rings. The molecule has 0 spiro atoms. The number of aryl methyl sites for hydroxylation is 1. The van der Waals surface area contributed by atoms with E-state index in [4.69, 9.17) is 4.55 Å². The van der Waals surface area contributed by atoms with E-state index in [1.807, 2.05) is 24.4 Å². The summed E-state index contributed by atoms with van der Waals surface area (Å²) in [6.07, 6.45) is 7.73. The summed E-state index contributed by atoms with van der Waals surface area (Å²) in [4.78, 5) is 16.1. The van der Waals surface area contributed by atoms with Crippen LogP contribution in [0.1, 0.15) is 18.2 Å². The molecule has 7 heteroatoms. The van der Waals surface area contributed by atoms with Gasteiger partial charge in [-0.3, -0.25) is 9.97 Å². The molecule has 0 aliphatic heterocycles. The summed E-state index contributed by atoms with van der Waals surface area (Å²) in [5.74, 6) is 0.792. The van der Waals surface area contributed by atoms with Crippen LogP contribution in [0.2, 0.25) is 0 Å². The fourth-order valence-electron chi connectivity index (χ4n) is 2.28. The predicted molar refractivity (Wildman–Crippen MR) is 88.9 cm³/mol. The minimum atomic E-state index is -1.88. The number of hydrogen-bond donors (Lipinski definition) is 2. The van der Waals surface area contributed by atoms with E-state index in [9.17, 15) is 4.21 Å². The lowest BCUT2D eigenvalue weighted by molar-refractivity contribution is 0.563. The van der Waals surface area contributed by atoms with Gasteiger partial charge in [0, 0.05) is 36.0 Å². The first-order chi connectivity index (χ1) is 11.2. The van der Waals surface area contributed by atoms with Crippen molar-refractivity contribution < 1.29 is 8.76 Å². The van der Waals surface area contributed by atoms with Crippen molar-refractivity contribution in [1.29, 1.82) is 0 Å². The van der Waals surface area contributed by atoms with Gasteiger partial charge in [-0.15, -0.1) is 0 Å². The summed E-state index contributed by atoms with van der Waals surface area (Å²) in [5, 5.41) is 0. The van der Waals surface area contributed by atoms with E-state index in [1.165, 1.54) is 0 Å². The number of aromatic nitrogens is 4. The molecule has 3 aromatic rings. The highest BCUT2D eigenvalue weighted by Gasteiger charge is 2.08. The summed E-state index contributed by atoms with van der Waals surface area (Å²) in [7, 11) is 0. The van der Waals surface area contributed by atoms with Gasteiger partial charge in [0.1, 0.15) is 5.69 Å². The molecule has 0 aliphatic carbocycles. The second-order valence-corrected chi connectivity index (χ2v) is 6.02. The van der Waals surface area contributed by atoms with E-state index in [2.05, 4.69) is 26.9 Å². The highest BCUT2D eigenvalue weighted by molar-refractivity contribution is 7.78. The molecular formula is C16H16N4O2S. The van der Waals surface area contributed by atoms with Gasteiger partial charge in [0.05, 0.1) is 5.75 Å². The van der Waals surface area contributed by atoms with Gasteiger partial charge in [-0.25, -0.2) is 9.19 Å². The van der Waals surface area contributed by atoms with Crippen LogP contribution in [0.25, 0.3) is 22.6 Å². The van der Waals surface area contributed by atoms with Crippen molar-refractivity contribution >= 4 is 11.1 Å². The van der Waals surface area contributed by atoms with Crippen LogP contribution in [-0.2, 0) is 23.3 Å². The predicted octanol–water partition coefficient (Wildman–Crippen LogP) is 2.82. The fourth-order valence-corrected chi connectivity index (χ4v) is 2.72. The molecule has 23 heavy (non-hydrogen) atoms. The molecule has 6 nitrogen and oxygen atoms in total. The van der Waals surface area contributed by atoms with Gasteiger partial charge >= 0.3 is 0 Å². The first-order valence-corrected chi connectivity index (χ1v) is 8.45. The molecule has 1 atom stereocenters. The molecule has 0 bridgehead atoms. The molecule has 0 fully saturated rings. The summed E-state index contributed by atoms with van der Waals surface area (Å²) in [5.41, 5.74) is 4.33. The van der Waals surface area contributed by atoms with E-state index < -0.39 is 11.1 Å². The van der Waals surface area contributed by atoms with Crippen LogP contribution >= 0.6 is 0 Å². The maximum atomic E-state index is 10.9. The lowest BCUT2D eigenvalue weighted by atomic mass is 10.1. The summed E-state index contributed by atoms with van der Waals surface area (Å²) in [6, 6.07) is 5.67. The second-order valence-electron chi connectivity index (χ2n) is 5.09. The number of pyridine rings is 2. The Bertz CT molecular complexity index is 847. The number of imidazole rings is 1. The molecule has 0 saturated heterocycles. The van der Waals surface area contributed by atoms with Crippen LogP contribution in [0.4, 0.5) is 0 Å². The lowest BCUT2D eigenvalue weighted by Gasteiger charge is -2.05. The average molecular weight is 328 g/mol. The normalized spacial score (nSPS) is 12.3. The van der Waals surface area contributed by atoms with E-state index >= 15 is 0 Å². The van der Waals surface area contributed by atoms with Gasteiger partial charge in [0.2, 0.25) is 0 Å². The van der Waals surface area contributed by atoms with Gasteiger partial charge < -0.3 is 9.54 Å². The number of hydrogen-bond acceptors (Lipinski definition) is 4. The van der Waals surface area contributed by atoms with Crippen LogP contribution < -0.4 is 0 Å². The van der Waals surface area contributed by atoms with Crippen molar-refractivity contribution in [3.63, 3.8) is 0 Å². The van der Waals surface area contributed by atoms with Gasteiger partial charge in [-0.2, -0.15) is 0 Å². The van der Waals surface area contributed by atoms with Crippen molar-refractivity contribution in [1.82, 2.24) is 19.9 Å². The summed E-state index contributed by atoms with van der Waals surface area (Å²) < 4.78 is 20.0. The SMILES string of the molecule is CCc1cnc(-c2cc(-c3cncc(CS(=O)O)c3)ccn2)[nH]1. The number of rotatable bonds is 5. The zero-order valence-electron chi connectivity index (χ0n) is 12.6. The van der Waals surface area contributed by atoms with E-state index in [1.54, 1.807) is 18.6 Å². The van der Waals surface area contributed by atoms with Crippen LogP contribution in [0, 0.1) is 0 Å². The molecule has 118 valence electrons. The Morgan fingerprint density at radius 1 is 1.17 bits per heavy atom. The largest absolute Gasteiger partial charge is 0.341 e. The Morgan fingerprint density at radius 2 is 2.04 bits per heavy atom. The third-order valence-electron chi connectivity index (χ3n) is 3.43. The van der Waals surface area contributed by atoms with Crippen LogP contribution in [0.3, 0.4) is 0 Å². The van der Waals surface area contributed by atoms with Gasteiger partial charge in [0.15, 0.2) is 16.9 Å². The number of nitrogens with one attached hydrogen (secondary N) is 1. The minimum absolute atomic E-state index is 0.0663. The molecule has 2 N–H and O–H groups in total. The number of nitrogens with zero attached hydrogens (tertiary/aromatic N) is 3. The first kappa shape index (κ1) is 15.5. The molecule has 1 unspecified atom stereocenters. The smallest absolute Gasteiger partial charge is 0.157 e. The van der Waals surface area contributed by atoms with Crippen LogP contribution in [0.5, 0.6) is 0 Å². The zero-order chi connectivity index (χ0) is 16.2. The number of aromatic amines is 1. The molecule has 3 heterocycles. The summed E-state index contributed by atoms with van der Waals surface area (Å²) in [6.45, 7) is 2.06. The molecule has 0 radical (unpaired) electrons. The van der Waals surface area contributed by atoms with Gasteiger partial charge in [0.25, 0.3) is 0 Å². The Morgan fingerprint density at radius 3 is 2.78 bits per heavy atom. The van der Waals surface area contributed by atoms with Crippen molar-refractivity contribution in [3.8, 4) is 22.6 Å². The van der Waals surface area contributed by atoms with Gasteiger partial charge in [-0.05, 0) is 35.7 Å². The maximum absolute atomic E-state index is 10.9. The lowest BCUT2D eigenvalue weighted by Crippen LogP contribution is -1.95. The van der Waals surface area contributed by atoms with Crippen molar-refractivity contribution in [2.24, 2.45) is 0 Å². The third-order valence-corrected chi connectivity index (χ3v) is 4.01. The molecule has 0 saturated carbocycles. The highest BCUT2D eigenvalue weighted by Crippen LogP contribution is 2.23. The maximum Gasteiger partial charge on any atom is 0.157 e. The Balaban J connectivity index is 1.94. The Labute approximate surface area is 136 Å². The molecule has 0 amide bonds. The highest BCUT2D eigenvalue weighted by atomic mass is 32.2. The zero-order valence-corrected chi connectivity index (χ0v) is 13.4. The average Bonchev–Trinajstić information content (AvgIpc) is 3.04. The molecule has 3 aromatic heterocycles. The van der Waals surface area contributed by atoms with Gasteiger partial charge in [-0.1, -0.05) is 6.92 Å². The van der Waals surface area contributed by atoms with E-state index in [0.717, 1.165) is 34.8 Å². The topological polar surface area (TPSA) is 91.8 Å². The van der Waals surface area contributed by atoms with Crippen molar-refractivity contribution in [3.05, 3.63) is 54.2 Å². The molecule has 0 aromatic carbocycles. The van der Waals surface area contributed by atoms with Crippen molar-refractivity contribution in [2.75, 3.05) is 0 Å². The Hall–Kier alpha value is -2.38. The monoisotopic (exact) mass is 328 g/mol. The standard InChI is InChI=1S/C16H16N4O2S/c1-2-14-9-19-16(20-14)15-6-12(3-4-18-15)13-5-11(7-17-8-13)10-23(21)22/h3-9H,2,10H2,1H3,(H,19,20)(H,21,22). The van der Waals surface area contributed by atoms with E-state index in [-0.39, 0.29) is 5.75 Å². The molecule has 3 rings (SSSR count). The quantitative estimate of drug-likeness (QED) is 0.703. The third kappa shape index (κ3) is 3.69. The first-order valence-electron chi connectivity index (χ1n) is 7.17. The summed E-state index contributed by atoms with van der Waals surface area (Å²) >= 11 is -1.88. The van der Waals surface area contributed by atoms with Crippen LogP contribution in [0.15, 0.2) is 43.0 Å². The van der Waals surface area contributed by atoms with Crippen molar-refractivity contribution in [2.45, 2.75) is 19.1 Å². The fraction of sp³-hybridized carbons (Fsp3) is 0.188.